The van der Waals surface area contributed by atoms with Crippen molar-refractivity contribution in [2.45, 2.75) is 158 Å². The van der Waals surface area contributed by atoms with Gasteiger partial charge >= 0.3 is 0 Å². The van der Waals surface area contributed by atoms with Gasteiger partial charge in [-0.1, -0.05) is 95.4 Å². The Bertz CT molecular complexity index is 3550. The second-order valence-corrected chi connectivity index (χ2v) is 28.4. The lowest BCUT2D eigenvalue weighted by Crippen LogP contribution is -2.34. The molecule has 2 N–H and O–H groups in total. The molecule has 2 aromatic heterocycles. The van der Waals surface area contributed by atoms with Crippen molar-refractivity contribution in [1.29, 1.82) is 0 Å². The monoisotopic (exact) mass is 1370 g/mol. The first-order valence-corrected chi connectivity index (χ1v) is 36.6. The van der Waals surface area contributed by atoms with Crippen molar-refractivity contribution in [3.05, 3.63) is 108 Å². The number of anilines is 2. The van der Waals surface area contributed by atoms with Crippen LogP contribution >= 0.6 is 15.1 Å². The summed E-state index contributed by atoms with van der Waals surface area (Å²) in [4.78, 5) is 56.2. The Hall–Kier alpha value is -6.76. The molecule has 0 fully saturated rings. The van der Waals surface area contributed by atoms with Gasteiger partial charge in [-0.2, -0.15) is 0 Å². The Morgan fingerprint density at radius 2 is 0.760 bits per heavy atom. The molecule has 4 heterocycles. The maximum atomic E-state index is 13.7. The number of nitrogens with one attached hydrogen (secondary N) is 2. The molecule has 96 heavy (non-hydrogen) atoms. The predicted octanol–water partition coefficient (Wildman–Crippen LogP) is 12.1. The summed E-state index contributed by atoms with van der Waals surface area (Å²) in [6.45, 7) is 28.4. The van der Waals surface area contributed by atoms with E-state index < -0.39 is 15.1 Å². The smallest absolute Gasteiger partial charge is 0.251 e. The SMILES string of the molecule is C=P(OCCOCCOCCNC(=O)CCC(=O)N1Cc2ccccc2-c2c(nnn2C(C)C)-c2ccccc21)(OC(C)C)OC(C)C.C=P(OCCOCCOCCNC(=O)CCC(=O)N1Cc2ccccc2-c2nnn(C(C)C)c2-c2ccccc21)(OC(C)C)OC(C)C. The minimum atomic E-state index is -2.66. The number of para-hydroxylation sites is 2. The van der Waals surface area contributed by atoms with Crippen molar-refractivity contribution < 1.29 is 65.3 Å². The molecular weight excluding hydrogens is 1270 g/mol. The zero-order valence-corrected chi connectivity index (χ0v) is 59.8. The molecule has 6 aromatic rings. The van der Waals surface area contributed by atoms with Crippen LogP contribution in [0.5, 0.6) is 0 Å². The quantitative estimate of drug-likeness (QED) is 0.0274. The molecule has 4 aromatic carbocycles. The van der Waals surface area contributed by atoms with Crippen molar-refractivity contribution in [3.63, 3.8) is 0 Å². The Morgan fingerprint density at radius 3 is 1.19 bits per heavy atom. The molecule has 524 valence electrons. The van der Waals surface area contributed by atoms with Crippen LogP contribution in [-0.2, 0) is 78.4 Å². The number of fused-ring (bicyclic) bond motifs is 10. The lowest BCUT2D eigenvalue weighted by atomic mass is 9.95. The van der Waals surface area contributed by atoms with Crippen LogP contribution in [0.2, 0.25) is 0 Å². The molecule has 0 saturated heterocycles. The molecule has 0 spiro atoms. The van der Waals surface area contributed by atoms with Crippen LogP contribution in [0.25, 0.3) is 45.0 Å². The van der Waals surface area contributed by atoms with E-state index in [-0.39, 0.29) is 85.8 Å². The lowest BCUT2D eigenvalue weighted by Gasteiger charge is -2.29. The molecule has 0 bridgehead atoms. The van der Waals surface area contributed by atoms with Crippen LogP contribution in [0.4, 0.5) is 11.4 Å². The highest BCUT2D eigenvalue weighted by atomic mass is 31.2. The van der Waals surface area contributed by atoms with Gasteiger partial charge in [0.15, 0.2) is 0 Å². The number of carbonyl (C=O) groups is 4. The van der Waals surface area contributed by atoms with Gasteiger partial charge in [0.2, 0.25) is 23.6 Å². The number of aromatic nitrogens is 6. The molecule has 26 heteroatoms. The van der Waals surface area contributed by atoms with E-state index in [1.165, 1.54) is 0 Å². The minimum Gasteiger partial charge on any atom is -0.377 e. The summed E-state index contributed by atoms with van der Waals surface area (Å²) in [5.41, 5.74) is 10.4. The Morgan fingerprint density at radius 1 is 0.427 bits per heavy atom. The zero-order chi connectivity index (χ0) is 69.4. The number of amides is 4. The molecule has 0 radical (unpaired) electrons. The Labute approximate surface area is 566 Å². The third-order valence-electron chi connectivity index (χ3n) is 14.6. The Balaban J connectivity index is 0.000000271. The van der Waals surface area contributed by atoms with Crippen molar-refractivity contribution in [3.8, 4) is 45.0 Å². The number of rotatable bonds is 36. The number of hydrogen-bond acceptors (Lipinski definition) is 18. The number of nitrogens with zero attached hydrogens (tertiary/aromatic N) is 8. The molecule has 0 unspecified atom stereocenters. The normalized spacial score (nSPS) is 12.9. The molecule has 2 aliphatic heterocycles. The number of hydrogen-bond donors (Lipinski definition) is 2. The summed E-state index contributed by atoms with van der Waals surface area (Å²) in [5, 5.41) is 23.7. The van der Waals surface area contributed by atoms with E-state index in [1.807, 2.05) is 162 Å². The summed E-state index contributed by atoms with van der Waals surface area (Å²) in [6, 6.07) is 31.7. The predicted molar refractivity (Wildman–Crippen MR) is 378 cm³/mol. The maximum Gasteiger partial charge on any atom is 0.251 e. The molecule has 4 amide bonds. The first kappa shape index (κ1) is 76.6. The van der Waals surface area contributed by atoms with Crippen molar-refractivity contribution in [2.75, 3.05) is 89.0 Å². The van der Waals surface area contributed by atoms with Crippen LogP contribution in [0.1, 0.15) is 132 Å². The van der Waals surface area contributed by atoms with Crippen molar-refractivity contribution in [1.82, 2.24) is 40.6 Å². The fraction of sp³-hybridized carbons (Fsp3) is 0.514. The van der Waals surface area contributed by atoms with Gasteiger partial charge in [0, 0.05) is 73.1 Å². The zero-order valence-electron chi connectivity index (χ0n) is 58.0. The van der Waals surface area contributed by atoms with E-state index in [9.17, 15) is 19.2 Å². The lowest BCUT2D eigenvalue weighted by molar-refractivity contribution is -0.125. The Kier molecular flexibility index (Phi) is 30.2. The van der Waals surface area contributed by atoms with Gasteiger partial charge in [-0.3, -0.25) is 19.2 Å². The van der Waals surface area contributed by atoms with E-state index in [2.05, 4.69) is 71.6 Å². The first-order chi connectivity index (χ1) is 46.0. The van der Waals surface area contributed by atoms with Crippen LogP contribution < -0.4 is 20.4 Å². The maximum absolute atomic E-state index is 13.7. The minimum absolute atomic E-state index is 0.0614. The van der Waals surface area contributed by atoms with E-state index >= 15 is 0 Å². The summed E-state index contributed by atoms with van der Waals surface area (Å²) in [6.07, 6.45) is 8.05. The average molecular weight is 1370 g/mol. The van der Waals surface area contributed by atoms with Crippen LogP contribution in [-0.4, -0.2) is 170 Å². The summed E-state index contributed by atoms with van der Waals surface area (Å²) >= 11 is 0. The molecule has 0 saturated carbocycles. The number of ether oxygens (including phenoxy) is 4. The second-order valence-electron chi connectivity index (χ2n) is 24.6. The summed E-state index contributed by atoms with van der Waals surface area (Å²) < 4.78 is 60.8. The largest absolute Gasteiger partial charge is 0.377 e. The molecule has 2 aliphatic rings. The summed E-state index contributed by atoms with van der Waals surface area (Å²) in [5.74, 6) is -0.705. The highest BCUT2D eigenvalue weighted by molar-refractivity contribution is 7.59. The molecular formula is C70H100N10O14P2. The van der Waals surface area contributed by atoms with E-state index in [0.29, 0.717) is 92.2 Å². The van der Waals surface area contributed by atoms with E-state index in [0.717, 1.165) is 67.5 Å². The van der Waals surface area contributed by atoms with Crippen LogP contribution in [0, 0.1) is 0 Å². The third kappa shape index (κ3) is 22.7. The van der Waals surface area contributed by atoms with Gasteiger partial charge in [-0.15, -0.1) is 10.2 Å². The van der Waals surface area contributed by atoms with Crippen LogP contribution in [0.3, 0.4) is 0 Å². The van der Waals surface area contributed by atoms with Crippen molar-refractivity contribution >= 4 is 62.7 Å². The standard InChI is InChI=1S/2C35H50N5O7P/c1-25(2)40-35-29-13-9-8-12-28(29)24-39(31-15-11-10-14-30(31)34(35)37-38-40)33(42)17-16-32(41)36-18-19-43-20-21-44-22-23-45-48(7,46-26(3)4)47-27(5)6;1-25(2)40-35-30-14-10-11-15-31(30)39(24-28-12-8-9-13-29(28)34(35)37-38-40)33(42)17-16-32(41)36-18-19-43-20-21-44-22-23-45-48(7,46-26(3)4)47-27(5)6/h2*8-15,25-27H,7,16-24H2,1-6H3,(H,36,41). The fourth-order valence-corrected chi connectivity index (χ4v) is 14.3. The number of benzene rings is 4. The average Bonchev–Trinajstić information content (AvgIpc) is 1.50. The van der Waals surface area contributed by atoms with Gasteiger partial charge < -0.3 is 66.5 Å². The van der Waals surface area contributed by atoms with Gasteiger partial charge in [-0.25, -0.2) is 9.36 Å². The second kappa shape index (κ2) is 37.8. The topological polar surface area (TPSA) is 253 Å². The molecule has 8 rings (SSSR count). The molecule has 0 atom stereocenters. The van der Waals surface area contributed by atoms with Crippen molar-refractivity contribution in [2.24, 2.45) is 0 Å². The van der Waals surface area contributed by atoms with E-state index in [1.54, 1.807) is 9.80 Å². The van der Waals surface area contributed by atoms with Gasteiger partial charge in [0.25, 0.3) is 15.1 Å². The first-order valence-electron chi connectivity index (χ1n) is 33.2. The molecule has 0 aliphatic carbocycles. The number of carbonyl (C=O) groups excluding carboxylic acids is 4. The van der Waals surface area contributed by atoms with Gasteiger partial charge in [0.1, 0.15) is 11.4 Å². The van der Waals surface area contributed by atoms with Gasteiger partial charge in [-0.05, 0) is 119 Å². The third-order valence-corrected chi connectivity index (χ3v) is 18.7. The van der Waals surface area contributed by atoms with Crippen LogP contribution in [0.15, 0.2) is 97.1 Å². The summed E-state index contributed by atoms with van der Waals surface area (Å²) in [7, 11) is -5.32. The highest BCUT2D eigenvalue weighted by Gasteiger charge is 2.32. The highest BCUT2D eigenvalue weighted by Crippen LogP contribution is 2.52. The molecule has 24 nitrogen and oxygen atoms in total. The van der Waals surface area contributed by atoms with E-state index in [4.69, 9.17) is 46.1 Å². The fourth-order valence-electron chi connectivity index (χ4n) is 10.7. The van der Waals surface area contributed by atoms with Gasteiger partial charge in [0.05, 0.1) is 126 Å².